The number of aromatic nitrogens is 1. The first-order chi connectivity index (χ1) is 5.25. The second-order valence-electron chi connectivity index (χ2n) is 1.63. The average Bonchev–Trinajstić information content (AvgIpc) is 2.53. The molecule has 0 spiro atoms. The zero-order chi connectivity index (χ0) is 8.27. The lowest BCUT2D eigenvalue weighted by atomic mass is 10.3. The lowest BCUT2D eigenvalue weighted by Gasteiger charge is -1.83. The number of nitrogens with zero attached hydrogens (tertiary/aromatic N) is 2. The summed E-state index contributed by atoms with van der Waals surface area (Å²) in [6, 6.07) is 1.23. The number of carbonyl (C=O) groups is 2. The molecule has 11 heavy (non-hydrogen) atoms. The molecule has 1 heterocycles. The molecule has 0 radical (unpaired) electrons. The summed E-state index contributed by atoms with van der Waals surface area (Å²) in [5.41, 5.74) is 6.10. The van der Waals surface area contributed by atoms with Gasteiger partial charge in [0.1, 0.15) is 6.26 Å². The number of hydrogen-bond acceptors (Lipinski definition) is 5. The van der Waals surface area contributed by atoms with Crippen LogP contribution in [0.2, 0.25) is 0 Å². The highest BCUT2D eigenvalue weighted by atomic mass is 16.5. The lowest BCUT2D eigenvalue weighted by molar-refractivity contribution is -0.114. The van der Waals surface area contributed by atoms with Crippen LogP contribution in [0.15, 0.2) is 22.0 Å². The van der Waals surface area contributed by atoms with E-state index in [-0.39, 0.29) is 5.69 Å². The fraction of sp³-hybridized carbons (Fsp3) is 0. The summed E-state index contributed by atoms with van der Waals surface area (Å²) in [6.07, 6.45) is 1.16. The minimum absolute atomic E-state index is 0.133. The van der Waals surface area contributed by atoms with Crippen LogP contribution < -0.4 is 0 Å². The van der Waals surface area contributed by atoms with Crippen molar-refractivity contribution in [2.45, 2.75) is 0 Å². The van der Waals surface area contributed by atoms with Crippen molar-refractivity contribution < 1.29 is 14.1 Å². The predicted molar refractivity (Wildman–Crippen MR) is 31.0 cm³/mol. The van der Waals surface area contributed by atoms with Crippen LogP contribution in [0.3, 0.4) is 0 Å². The van der Waals surface area contributed by atoms with Gasteiger partial charge >= 0.3 is 5.91 Å². The molecule has 0 aliphatic carbocycles. The van der Waals surface area contributed by atoms with Gasteiger partial charge in [0.25, 0.3) is 5.78 Å². The molecular formula is C5H3N3O3. The number of hydrogen-bond donors (Lipinski definition) is 1. The first kappa shape index (κ1) is 7.26. The summed E-state index contributed by atoms with van der Waals surface area (Å²) in [5, 5.41) is 5.62. The number of ketones is 1. The van der Waals surface area contributed by atoms with Crippen molar-refractivity contribution in [3.8, 4) is 0 Å². The summed E-state index contributed by atoms with van der Waals surface area (Å²) in [6.45, 7) is 0. The predicted octanol–water partition coefficient (Wildman–Crippen LogP) is 0.415. The fourth-order valence-electron chi connectivity index (χ4n) is 0.490. The molecule has 56 valence electrons. The SMILES string of the molecule is N=NC(=O)C(=O)c1ccon1. The van der Waals surface area contributed by atoms with Gasteiger partial charge in [-0.05, 0) is 0 Å². The van der Waals surface area contributed by atoms with Crippen molar-refractivity contribution >= 4 is 11.7 Å². The zero-order valence-electron chi connectivity index (χ0n) is 5.27. The molecular weight excluding hydrogens is 150 g/mol. The Kier molecular flexibility index (Phi) is 1.86. The van der Waals surface area contributed by atoms with Crippen LogP contribution in [0.4, 0.5) is 0 Å². The molecule has 1 aromatic heterocycles. The molecule has 0 bridgehead atoms. The van der Waals surface area contributed by atoms with E-state index in [1.165, 1.54) is 6.07 Å². The number of nitrogens with one attached hydrogen (secondary N) is 1. The lowest BCUT2D eigenvalue weighted by Crippen LogP contribution is -2.10. The highest BCUT2D eigenvalue weighted by Crippen LogP contribution is 1.96. The van der Waals surface area contributed by atoms with Crippen molar-refractivity contribution in [1.82, 2.24) is 5.16 Å². The molecule has 0 fully saturated rings. The third-order valence-corrected chi connectivity index (χ3v) is 0.966. The van der Waals surface area contributed by atoms with E-state index in [9.17, 15) is 9.59 Å². The van der Waals surface area contributed by atoms with Crippen LogP contribution in [-0.4, -0.2) is 16.8 Å². The fourth-order valence-corrected chi connectivity index (χ4v) is 0.490. The average molecular weight is 153 g/mol. The molecule has 6 nitrogen and oxygen atoms in total. The van der Waals surface area contributed by atoms with Gasteiger partial charge in [0, 0.05) is 6.07 Å². The number of Topliss-reactive ketones (excluding diaryl/α,β-unsaturated/α-hetero) is 1. The Labute approximate surface area is 60.7 Å². The summed E-state index contributed by atoms with van der Waals surface area (Å²) < 4.78 is 4.30. The van der Waals surface area contributed by atoms with Crippen molar-refractivity contribution in [2.24, 2.45) is 5.11 Å². The van der Waals surface area contributed by atoms with Crippen LogP contribution in [0.25, 0.3) is 0 Å². The number of rotatable bonds is 2. The number of amides is 1. The van der Waals surface area contributed by atoms with Crippen molar-refractivity contribution in [2.75, 3.05) is 0 Å². The van der Waals surface area contributed by atoms with E-state index in [4.69, 9.17) is 5.53 Å². The van der Waals surface area contributed by atoms with Gasteiger partial charge in [-0.25, -0.2) is 5.53 Å². The van der Waals surface area contributed by atoms with Gasteiger partial charge in [-0.3, -0.25) is 9.59 Å². The first-order valence-corrected chi connectivity index (χ1v) is 2.62. The smallest absolute Gasteiger partial charge is 0.337 e. The highest BCUT2D eigenvalue weighted by Gasteiger charge is 2.17. The van der Waals surface area contributed by atoms with Gasteiger partial charge in [0.15, 0.2) is 5.69 Å². The minimum Gasteiger partial charge on any atom is -0.364 e. The highest BCUT2D eigenvalue weighted by molar-refractivity contribution is 6.42. The molecule has 1 N–H and O–H groups in total. The van der Waals surface area contributed by atoms with Gasteiger partial charge in [-0.1, -0.05) is 5.16 Å². The Hall–Kier alpha value is -1.85. The Morgan fingerprint density at radius 2 is 2.36 bits per heavy atom. The molecule has 6 heteroatoms. The second-order valence-corrected chi connectivity index (χ2v) is 1.63. The van der Waals surface area contributed by atoms with E-state index in [1.54, 1.807) is 0 Å². The Balaban J connectivity index is 2.87. The molecule has 1 amide bonds. The quantitative estimate of drug-likeness (QED) is 0.378. The van der Waals surface area contributed by atoms with Gasteiger partial charge in [-0.15, -0.1) is 5.11 Å². The van der Waals surface area contributed by atoms with Gasteiger partial charge in [0.2, 0.25) is 0 Å². The van der Waals surface area contributed by atoms with E-state index in [0.29, 0.717) is 0 Å². The standard InChI is InChI=1S/C5H3N3O3/c6-7-5(10)4(9)3-1-2-11-8-3/h1-2,6H. The van der Waals surface area contributed by atoms with E-state index in [2.05, 4.69) is 14.8 Å². The maximum atomic E-state index is 10.8. The minimum atomic E-state index is -1.15. The van der Waals surface area contributed by atoms with E-state index >= 15 is 0 Å². The molecule has 0 aliphatic rings. The van der Waals surface area contributed by atoms with Crippen molar-refractivity contribution in [3.63, 3.8) is 0 Å². The first-order valence-electron chi connectivity index (χ1n) is 2.62. The van der Waals surface area contributed by atoms with Crippen molar-refractivity contribution in [1.29, 1.82) is 5.53 Å². The maximum Gasteiger partial charge on any atom is 0.337 e. The van der Waals surface area contributed by atoms with Crippen LogP contribution in [0.5, 0.6) is 0 Å². The van der Waals surface area contributed by atoms with Gasteiger partial charge in [0.05, 0.1) is 0 Å². The largest absolute Gasteiger partial charge is 0.364 e. The summed E-state index contributed by atoms with van der Waals surface area (Å²) in [7, 11) is 0. The third-order valence-electron chi connectivity index (χ3n) is 0.966. The van der Waals surface area contributed by atoms with E-state index in [0.717, 1.165) is 6.26 Å². The molecule has 0 aromatic carbocycles. The van der Waals surface area contributed by atoms with Gasteiger partial charge in [-0.2, -0.15) is 0 Å². The van der Waals surface area contributed by atoms with Gasteiger partial charge < -0.3 is 4.52 Å². The van der Waals surface area contributed by atoms with Crippen LogP contribution >= 0.6 is 0 Å². The topological polar surface area (TPSA) is 96.4 Å². The summed E-state index contributed by atoms with van der Waals surface area (Å²) in [4.78, 5) is 21.2. The van der Waals surface area contributed by atoms with E-state index in [1.807, 2.05) is 0 Å². The molecule has 0 aliphatic heterocycles. The molecule has 0 saturated heterocycles. The van der Waals surface area contributed by atoms with Crippen LogP contribution in [-0.2, 0) is 4.79 Å². The molecule has 1 rings (SSSR count). The summed E-state index contributed by atoms with van der Waals surface area (Å²) >= 11 is 0. The second kappa shape index (κ2) is 2.82. The Morgan fingerprint density at radius 1 is 1.64 bits per heavy atom. The maximum absolute atomic E-state index is 10.8. The molecule has 1 aromatic rings. The zero-order valence-corrected chi connectivity index (χ0v) is 5.27. The molecule has 0 atom stereocenters. The Morgan fingerprint density at radius 3 is 2.82 bits per heavy atom. The third kappa shape index (κ3) is 1.34. The van der Waals surface area contributed by atoms with E-state index < -0.39 is 11.7 Å². The monoisotopic (exact) mass is 153 g/mol. The normalized spacial score (nSPS) is 9.09. The Bertz CT molecular complexity index is 290. The number of carbonyl (C=O) groups excluding carboxylic acids is 2. The molecule has 0 unspecified atom stereocenters. The van der Waals surface area contributed by atoms with Crippen LogP contribution in [0, 0.1) is 5.53 Å². The summed E-state index contributed by atoms with van der Waals surface area (Å²) in [5.74, 6) is -2.09. The van der Waals surface area contributed by atoms with Crippen molar-refractivity contribution in [3.05, 3.63) is 18.0 Å². The molecule has 0 saturated carbocycles. The van der Waals surface area contributed by atoms with Crippen LogP contribution in [0.1, 0.15) is 10.5 Å².